The van der Waals surface area contributed by atoms with Crippen LogP contribution in [0, 0.1) is 5.41 Å². The van der Waals surface area contributed by atoms with Crippen molar-refractivity contribution in [2.24, 2.45) is 10.4 Å². The van der Waals surface area contributed by atoms with Gasteiger partial charge in [-0.25, -0.2) is 0 Å². The monoisotopic (exact) mass is 528 g/mol. The van der Waals surface area contributed by atoms with E-state index in [1.807, 2.05) is 14.1 Å². The van der Waals surface area contributed by atoms with E-state index in [2.05, 4.69) is 46.0 Å². The minimum absolute atomic E-state index is 0. The summed E-state index contributed by atoms with van der Waals surface area (Å²) in [6.07, 6.45) is 6.10. The first kappa shape index (κ1) is 24.9. The summed E-state index contributed by atoms with van der Waals surface area (Å²) in [5.41, 5.74) is 1.08. The molecule has 0 spiro atoms. The third kappa shape index (κ3) is 5.66. The standard InChI is InChI=1S/C23H36N4O2.HI/c1-24-21(26-18-23(11-7-8-12-23)20(28)27(2)3)25-17-22(13-15-29-16-14-22)19-9-5-4-6-10-19;/h4-6,9-10H,7-8,11-18H2,1-3H3,(H2,24,25,26);1H. The number of guanidine groups is 1. The molecular weight excluding hydrogens is 491 g/mol. The van der Waals surface area contributed by atoms with Crippen molar-refractivity contribution >= 4 is 35.8 Å². The smallest absolute Gasteiger partial charge is 0.230 e. The predicted molar refractivity (Wildman–Crippen MR) is 133 cm³/mol. The lowest BCUT2D eigenvalue weighted by Gasteiger charge is -2.38. The van der Waals surface area contributed by atoms with Gasteiger partial charge in [0.15, 0.2) is 5.96 Å². The first-order valence-corrected chi connectivity index (χ1v) is 10.8. The number of amides is 1. The van der Waals surface area contributed by atoms with Crippen LogP contribution >= 0.6 is 24.0 Å². The summed E-state index contributed by atoms with van der Waals surface area (Å²) >= 11 is 0. The van der Waals surface area contributed by atoms with E-state index in [1.54, 1.807) is 11.9 Å². The predicted octanol–water partition coefficient (Wildman–Crippen LogP) is 3.17. The van der Waals surface area contributed by atoms with Gasteiger partial charge in [0, 0.05) is 52.9 Å². The number of benzene rings is 1. The average molecular weight is 528 g/mol. The van der Waals surface area contributed by atoms with Gasteiger partial charge in [0.25, 0.3) is 0 Å². The van der Waals surface area contributed by atoms with E-state index in [4.69, 9.17) is 4.74 Å². The quantitative estimate of drug-likeness (QED) is 0.338. The Labute approximate surface area is 198 Å². The third-order valence-corrected chi connectivity index (χ3v) is 6.67. The molecular formula is C23H37IN4O2. The maximum Gasteiger partial charge on any atom is 0.230 e. The van der Waals surface area contributed by atoms with E-state index in [-0.39, 0.29) is 40.7 Å². The van der Waals surface area contributed by atoms with Crippen LogP contribution in [0.3, 0.4) is 0 Å². The zero-order chi connectivity index (χ0) is 20.7. The van der Waals surface area contributed by atoms with Gasteiger partial charge in [0.1, 0.15) is 0 Å². The van der Waals surface area contributed by atoms with E-state index >= 15 is 0 Å². The van der Waals surface area contributed by atoms with Crippen LogP contribution < -0.4 is 10.6 Å². The van der Waals surface area contributed by atoms with Gasteiger partial charge in [-0.2, -0.15) is 0 Å². The second-order valence-corrected chi connectivity index (χ2v) is 8.73. The molecule has 3 rings (SSSR count). The van der Waals surface area contributed by atoms with Gasteiger partial charge in [0.2, 0.25) is 5.91 Å². The molecule has 30 heavy (non-hydrogen) atoms. The van der Waals surface area contributed by atoms with Gasteiger partial charge in [-0.1, -0.05) is 43.2 Å². The minimum Gasteiger partial charge on any atom is -0.381 e. The first-order valence-electron chi connectivity index (χ1n) is 10.8. The molecule has 0 radical (unpaired) electrons. The average Bonchev–Trinajstić information content (AvgIpc) is 3.24. The number of nitrogens with one attached hydrogen (secondary N) is 2. The molecule has 0 unspecified atom stereocenters. The number of rotatable bonds is 6. The number of carbonyl (C=O) groups is 1. The number of carbonyl (C=O) groups excluding carboxylic acids is 1. The minimum atomic E-state index is -0.309. The molecule has 1 aromatic carbocycles. The maximum atomic E-state index is 12.8. The van der Waals surface area contributed by atoms with Crippen LogP contribution in [-0.2, 0) is 14.9 Å². The Balaban J connectivity index is 0.00000320. The normalized spacial score (nSPS) is 20.2. The van der Waals surface area contributed by atoms with E-state index < -0.39 is 0 Å². The van der Waals surface area contributed by atoms with Crippen LogP contribution in [0.5, 0.6) is 0 Å². The SMILES string of the molecule is CN=C(NCC1(C(=O)N(C)C)CCCC1)NCC1(c2ccccc2)CCOCC1.I. The fourth-order valence-electron chi connectivity index (χ4n) is 4.84. The topological polar surface area (TPSA) is 66.0 Å². The van der Waals surface area contributed by atoms with Crippen LogP contribution in [0.25, 0.3) is 0 Å². The molecule has 0 atom stereocenters. The molecule has 1 heterocycles. The van der Waals surface area contributed by atoms with Crippen LogP contribution in [0.15, 0.2) is 35.3 Å². The van der Waals surface area contributed by atoms with Crippen LogP contribution in [0.2, 0.25) is 0 Å². The Morgan fingerprint density at radius 1 is 1.03 bits per heavy atom. The Morgan fingerprint density at radius 3 is 2.20 bits per heavy atom. The van der Waals surface area contributed by atoms with Gasteiger partial charge in [-0.15, -0.1) is 24.0 Å². The highest BCUT2D eigenvalue weighted by molar-refractivity contribution is 14.0. The molecule has 1 aliphatic carbocycles. The van der Waals surface area contributed by atoms with Crippen molar-refractivity contribution in [2.45, 2.75) is 43.9 Å². The van der Waals surface area contributed by atoms with Crippen molar-refractivity contribution in [3.05, 3.63) is 35.9 Å². The largest absolute Gasteiger partial charge is 0.381 e. The van der Waals surface area contributed by atoms with E-state index in [0.717, 1.165) is 64.2 Å². The van der Waals surface area contributed by atoms with Gasteiger partial charge >= 0.3 is 0 Å². The summed E-state index contributed by atoms with van der Waals surface area (Å²) in [7, 11) is 5.50. The summed E-state index contributed by atoms with van der Waals surface area (Å²) in [5.74, 6) is 0.993. The lowest BCUT2D eigenvalue weighted by Crippen LogP contribution is -2.52. The number of aliphatic imine (C=N–C) groups is 1. The number of halogens is 1. The molecule has 2 aliphatic rings. The summed E-state index contributed by atoms with van der Waals surface area (Å²) in [4.78, 5) is 19.0. The lowest BCUT2D eigenvalue weighted by atomic mass is 9.74. The van der Waals surface area contributed by atoms with Crippen molar-refractivity contribution in [1.29, 1.82) is 0 Å². The van der Waals surface area contributed by atoms with Crippen molar-refractivity contribution < 1.29 is 9.53 Å². The van der Waals surface area contributed by atoms with E-state index in [9.17, 15) is 4.79 Å². The molecule has 168 valence electrons. The summed E-state index contributed by atoms with van der Waals surface area (Å²) in [5, 5.41) is 7.00. The molecule has 2 fully saturated rings. The van der Waals surface area contributed by atoms with Crippen LogP contribution in [-0.4, -0.2) is 64.2 Å². The van der Waals surface area contributed by atoms with Crippen molar-refractivity contribution in [1.82, 2.24) is 15.5 Å². The van der Waals surface area contributed by atoms with Gasteiger partial charge in [-0.3, -0.25) is 9.79 Å². The zero-order valence-corrected chi connectivity index (χ0v) is 20.9. The summed E-state index contributed by atoms with van der Waals surface area (Å²) in [6.45, 7) is 2.99. The van der Waals surface area contributed by atoms with E-state index in [1.165, 1.54) is 5.56 Å². The molecule has 1 saturated heterocycles. The van der Waals surface area contributed by atoms with E-state index in [0.29, 0.717) is 6.54 Å². The maximum absolute atomic E-state index is 12.8. The Morgan fingerprint density at radius 2 is 1.63 bits per heavy atom. The summed E-state index contributed by atoms with van der Waals surface area (Å²) < 4.78 is 5.64. The molecule has 2 N–H and O–H groups in total. The van der Waals surface area contributed by atoms with Crippen molar-refractivity contribution in [3.8, 4) is 0 Å². The number of ether oxygens (including phenoxy) is 1. The third-order valence-electron chi connectivity index (χ3n) is 6.67. The van der Waals surface area contributed by atoms with Gasteiger partial charge in [0.05, 0.1) is 5.41 Å². The highest BCUT2D eigenvalue weighted by Crippen LogP contribution is 2.39. The molecule has 1 aliphatic heterocycles. The van der Waals surface area contributed by atoms with Gasteiger partial charge < -0.3 is 20.3 Å². The number of hydrogen-bond acceptors (Lipinski definition) is 3. The molecule has 0 aromatic heterocycles. The van der Waals surface area contributed by atoms with Gasteiger partial charge in [-0.05, 0) is 31.2 Å². The molecule has 1 saturated carbocycles. The number of nitrogens with zero attached hydrogens (tertiary/aromatic N) is 2. The Bertz CT molecular complexity index is 696. The molecule has 1 amide bonds. The number of hydrogen-bond donors (Lipinski definition) is 2. The fourth-order valence-corrected chi connectivity index (χ4v) is 4.84. The van der Waals surface area contributed by atoms with Crippen molar-refractivity contribution in [2.75, 3.05) is 47.4 Å². The lowest BCUT2D eigenvalue weighted by molar-refractivity contribution is -0.138. The molecule has 7 heteroatoms. The molecule has 0 bridgehead atoms. The highest BCUT2D eigenvalue weighted by atomic mass is 127. The fraction of sp³-hybridized carbons (Fsp3) is 0.652. The first-order chi connectivity index (χ1) is 14.0. The van der Waals surface area contributed by atoms with Crippen LogP contribution in [0.1, 0.15) is 44.1 Å². The second-order valence-electron chi connectivity index (χ2n) is 8.73. The molecule has 1 aromatic rings. The molecule has 6 nitrogen and oxygen atoms in total. The zero-order valence-electron chi connectivity index (χ0n) is 18.6. The highest BCUT2D eigenvalue weighted by Gasteiger charge is 2.42. The summed E-state index contributed by atoms with van der Waals surface area (Å²) in [6, 6.07) is 10.7. The van der Waals surface area contributed by atoms with Crippen LogP contribution in [0.4, 0.5) is 0 Å². The Hall–Kier alpha value is -1.35. The Kier molecular flexibility index (Phi) is 9.40. The second kappa shape index (κ2) is 11.3. The van der Waals surface area contributed by atoms with Crippen molar-refractivity contribution in [3.63, 3.8) is 0 Å².